The summed E-state index contributed by atoms with van der Waals surface area (Å²) in [5.74, 6) is 1.56. The average Bonchev–Trinajstić information content (AvgIpc) is 2.47. The third-order valence-corrected chi connectivity index (χ3v) is 3.08. The lowest BCUT2D eigenvalue weighted by atomic mass is 10.0. The lowest BCUT2D eigenvalue weighted by Gasteiger charge is -2.17. The molecule has 0 bridgehead atoms. The minimum absolute atomic E-state index is 0.351. The van der Waals surface area contributed by atoms with E-state index in [-0.39, 0.29) is 6.04 Å². The van der Waals surface area contributed by atoms with Crippen LogP contribution in [0.25, 0.3) is 0 Å². The first kappa shape index (κ1) is 13.6. The minimum Gasteiger partial charge on any atom is -0.457 e. The zero-order valence-electron chi connectivity index (χ0n) is 11.0. The molecule has 0 saturated carbocycles. The van der Waals surface area contributed by atoms with E-state index in [4.69, 9.17) is 10.5 Å². The number of hydrogen-bond acceptors (Lipinski definition) is 3. The van der Waals surface area contributed by atoms with Gasteiger partial charge in [0.15, 0.2) is 0 Å². The van der Waals surface area contributed by atoms with E-state index in [1.165, 1.54) is 0 Å². The second-order valence-corrected chi connectivity index (χ2v) is 4.49. The Morgan fingerprint density at radius 2 is 1.58 bits per heavy atom. The van der Waals surface area contributed by atoms with E-state index >= 15 is 0 Å². The van der Waals surface area contributed by atoms with Gasteiger partial charge in [-0.05, 0) is 36.2 Å². The van der Waals surface area contributed by atoms with Crippen molar-refractivity contribution in [3.05, 3.63) is 60.2 Å². The molecule has 0 aliphatic heterocycles. The molecule has 3 N–H and O–H groups in total. The Hall–Kier alpha value is -1.84. The molecular weight excluding hydrogens is 238 g/mol. The van der Waals surface area contributed by atoms with Gasteiger partial charge >= 0.3 is 0 Å². The normalized spacial score (nSPS) is 13.8. The Balaban J connectivity index is 2.06. The SMILES string of the molecule is CC[C@H](O)[C@H](N)c1ccc(Oc2ccccc2)cc1. The molecule has 0 spiro atoms. The highest BCUT2D eigenvalue weighted by Gasteiger charge is 2.14. The number of benzene rings is 2. The van der Waals surface area contributed by atoms with E-state index in [9.17, 15) is 5.11 Å². The maximum atomic E-state index is 9.73. The number of rotatable bonds is 5. The topological polar surface area (TPSA) is 55.5 Å². The molecule has 0 fully saturated rings. The summed E-state index contributed by atoms with van der Waals surface area (Å²) in [4.78, 5) is 0. The van der Waals surface area contributed by atoms with Crippen LogP contribution in [0.1, 0.15) is 24.9 Å². The number of nitrogens with two attached hydrogens (primary N) is 1. The second kappa shape index (κ2) is 6.36. The van der Waals surface area contributed by atoms with Gasteiger partial charge in [0, 0.05) is 0 Å². The summed E-state index contributed by atoms with van der Waals surface area (Å²) in [5.41, 5.74) is 6.87. The maximum absolute atomic E-state index is 9.73. The molecule has 0 unspecified atom stereocenters. The number of para-hydroxylation sites is 1. The first-order valence-electron chi connectivity index (χ1n) is 6.47. The number of hydrogen-bond donors (Lipinski definition) is 2. The van der Waals surface area contributed by atoms with Crippen molar-refractivity contribution in [2.24, 2.45) is 5.73 Å². The van der Waals surface area contributed by atoms with Crippen molar-refractivity contribution in [1.29, 1.82) is 0 Å². The van der Waals surface area contributed by atoms with E-state index < -0.39 is 6.10 Å². The maximum Gasteiger partial charge on any atom is 0.127 e. The summed E-state index contributed by atoms with van der Waals surface area (Å²) < 4.78 is 5.70. The largest absolute Gasteiger partial charge is 0.457 e. The third-order valence-electron chi connectivity index (χ3n) is 3.08. The lowest BCUT2D eigenvalue weighted by Crippen LogP contribution is -2.25. The number of aliphatic hydroxyl groups excluding tert-OH is 1. The monoisotopic (exact) mass is 257 g/mol. The van der Waals surface area contributed by atoms with Crippen LogP contribution in [0.5, 0.6) is 11.5 Å². The van der Waals surface area contributed by atoms with E-state index in [2.05, 4.69) is 0 Å². The molecule has 2 aromatic rings. The van der Waals surface area contributed by atoms with Gasteiger partial charge in [0.2, 0.25) is 0 Å². The fourth-order valence-electron chi connectivity index (χ4n) is 1.86. The van der Waals surface area contributed by atoms with Crippen LogP contribution in [-0.2, 0) is 0 Å². The summed E-state index contributed by atoms with van der Waals surface area (Å²) in [6.45, 7) is 1.91. The Labute approximate surface area is 113 Å². The first-order valence-corrected chi connectivity index (χ1v) is 6.47. The van der Waals surface area contributed by atoms with Crippen LogP contribution in [0.15, 0.2) is 54.6 Å². The predicted octanol–water partition coefficient (Wildman–Crippen LogP) is 3.25. The van der Waals surface area contributed by atoms with Crippen molar-refractivity contribution in [2.75, 3.05) is 0 Å². The summed E-state index contributed by atoms with van der Waals surface area (Å²) in [7, 11) is 0. The van der Waals surface area contributed by atoms with Gasteiger partial charge in [-0.15, -0.1) is 0 Å². The molecule has 3 heteroatoms. The van der Waals surface area contributed by atoms with Crippen LogP contribution in [0.2, 0.25) is 0 Å². The van der Waals surface area contributed by atoms with Crippen LogP contribution in [0.4, 0.5) is 0 Å². The van der Waals surface area contributed by atoms with Crippen molar-refractivity contribution in [3.63, 3.8) is 0 Å². The standard InChI is InChI=1S/C16H19NO2/c1-2-15(18)16(17)12-8-10-14(11-9-12)19-13-6-4-3-5-7-13/h3-11,15-16,18H,2,17H2,1H3/t15-,16+/m0/s1. The molecule has 0 heterocycles. The molecule has 2 aromatic carbocycles. The lowest BCUT2D eigenvalue weighted by molar-refractivity contribution is 0.140. The molecule has 2 atom stereocenters. The van der Waals surface area contributed by atoms with Crippen LogP contribution in [0.3, 0.4) is 0 Å². The molecule has 0 amide bonds. The van der Waals surface area contributed by atoms with Crippen molar-refractivity contribution in [2.45, 2.75) is 25.5 Å². The Morgan fingerprint density at radius 3 is 2.16 bits per heavy atom. The highest BCUT2D eigenvalue weighted by Crippen LogP contribution is 2.24. The zero-order chi connectivity index (χ0) is 13.7. The Kier molecular flexibility index (Phi) is 4.55. The van der Waals surface area contributed by atoms with Gasteiger partial charge in [0.25, 0.3) is 0 Å². The highest BCUT2D eigenvalue weighted by molar-refractivity contribution is 5.34. The van der Waals surface area contributed by atoms with Crippen LogP contribution in [-0.4, -0.2) is 11.2 Å². The molecule has 0 aromatic heterocycles. The van der Waals surface area contributed by atoms with Gasteiger partial charge in [-0.1, -0.05) is 37.3 Å². The molecule has 0 aliphatic carbocycles. The molecule has 0 radical (unpaired) electrons. The molecule has 100 valence electrons. The molecule has 19 heavy (non-hydrogen) atoms. The van der Waals surface area contributed by atoms with Gasteiger partial charge in [-0.2, -0.15) is 0 Å². The highest BCUT2D eigenvalue weighted by atomic mass is 16.5. The number of ether oxygens (including phenoxy) is 1. The third kappa shape index (κ3) is 3.56. The average molecular weight is 257 g/mol. The van der Waals surface area contributed by atoms with Crippen molar-refractivity contribution < 1.29 is 9.84 Å². The smallest absolute Gasteiger partial charge is 0.127 e. The first-order chi connectivity index (χ1) is 9.20. The molecule has 0 aliphatic rings. The fourth-order valence-corrected chi connectivity index (χ4v) is 1.86. The minimum atomic E-state index is -0.513. The van der Waals surface area contributed by atoms with Crippen molar-refractivity contribution in [1.82, 2.24) is 0 Å². The second-order valence-electron chi connectivity index (χ2n) is 4.49. The van der Waals surface area contributed by atoms with Gasteiger partial charge < -0.3 is 15.6 Å². The summed E-state index contributed by atoms with van der Waals surface area (Å²) in [6.07, 6.45) is 0.129. The van der Waals surface area contributed by atoms with E-state index in [1.807, 2.05) is 61.5 Å². The predicted molar refractivity (Wildman–Crippen MR) is 76.2 cm³/mol. The van der Waals surface area contributed by atoms with Gasteiger partial charge in [-0.25, -0.2) is 0 Å². The molecule has 3 nitrogen and oxygen atoms in total. The van der Waals surface area contributed by atoms with Crippen molar-refractivity contribution in [3.8, 4) is 11.5 Å². The van der Waals surface area contributed by atoms with E-state index in [0.29, 0.717) is 6.42 Å². The summed E-state index contributed by atoms with van der Waals surface area (Å²) in [6, 6.07) is 16.8. The molecular formula is C16H19NO2. The quantitative estimate of drug-likeness (QED) is 0.864. The van der Waals surface area contributed by atoms with Gasteiger partial charge in [0.05, 0.1) is 12.1 Å². The van der Waals surface area contributed by atoms with Crippen LogP contribution < -0.4 is 10.5 Å². The molecule has 0 saturated heterocycles. The van der Waals surface area contributed by atoms with E-state index in [0.717, 1.165) is 17.1 Å². The van der Waals surface area contributed by atoms with Gasteiger partial charge in [0.1, 0.15) is 11.5 Å². The Bertz CT molecular complexity index is 496. The Morgan fingerprint density at radius 1 is 1.00 bits per heavy atom. The number of aliphatic hydroxyl groups is 1. The van der Waals surface area contributed by atoms with E-state index in [1.54, 1.807) is 0 Å². The summed E-state index contributed by atoms with van der Waals surface area (Å²) >= 11 is 0. The van der Waals surface area contributed by atoms with Gasteiger partial charge in [-0.3, -0.25) is 0 Å². The van der Waals surface area contributed by atoms with Crippen LogP contribution in [0, 0.1) is 0 Å². The van der Waals surface area contributed by atoms with Crippen molar-refractivity contribution >= 4 is 0 Å². The summed E-state index contributed by atoms with van der Waals surface area (Å²) in [5, 5.41) is 9.73. The molecule has 2 rings (SSSR count). The zero-order valence-corrected chi connectivity index (χ0v) is 11.0. The fraction of sp³-hybridized carbons (Fsp3) is 0.250. The van der Waals surface area contributed by atoms with Crippen LogP contribution >= 0.6 is 0 Å².